The Morgan fingerprint density at radius 3 is 0.554 bits per heavy atom. The second-order valence-electron chi connectivity index (χ2n) is 33.1. The minimum atomic E-state index is -0.680. The van der Waals surface area contributed by atoms with Gasteiger partial charge < -0.3 is 9.47 Å². The first kappa shape index (κ1) is 126. The number of hydrogen-bond donors (Lipinski definition) is 13. The molecule has 4 atom stereocenters. The Hall–Kier alpha value is -3.61. The average Bonchev–Trinajstić information content (AvgIpc) is 0.803. The van der Waals surface area contributed by atoms with Gasteiger partial charge in [0.1, 0.15) is 24.7 Å². The van der Waals surface area contributed by atoms with Crippen molar-refractivity contribution in [2.75, 3.05) is 123 Å². The van der Waals surface area contributed by atoms with Crippen molar-refractivity contribution in [1.29, 1.82) is 0 Å². The summed E-state index contributed by atoms with van der Waals surface area (Å²) in [7, 11) is 0. The van der Waals surface area contributed by atoms with Gasteiger partial charge in [-0.05, 0) is 206 Å². The number of aromatic nitrogens is 15. The molecule has 0 radical (unpaired) electrons. The van der Waals surface area contributed by atoms with Crippen LogP contribution >= 0.6 is 223 Å². The molecule has 2 aromatic carbocycles. The highest BCUT2D eigenvalue weighted by molar-refractivity contribution is 8.01. The SMILES string of the molecule is CC(C)(c1ccc(OCC(S)CSCC(S)CS)cc1)c1ccc(OCC(S)CSCC(S)CS)cc1.CCCCn1c(=O)n(CCCS)c(=O)n(CCCSCCCn2c(=O)n(CCCS)c(=O)n(CCCS)c2=O)c1=O.CCCCn1c(=O)n(CCCS)c(=O)n(CCCSCCCn2c(=O)n(CCCS)c(=O)n(CCCSCCCn3c(=O)n(CCCS)c(=O)n(CCCS)c3=O)c2=O)c1=O. The van der Waals surface area contributed by atoms with Gasteiger partial charge in [0, 0.05) is 159 Å². The van der Waals surface area contributed by atoms with E-state index in [2.05, 4.69) is 202 Å². The van der Waals surface area contributed by atoms with Crippen molar-refractivity contribution >= 4 is 223 Å². The standard InChI is InChI=1S/C37H61N9O9S6.C27H40O2S8.C25H42N6O6S4/c1-2-3-12-38-29(47)39(13-4-21-56)32(50)43(30(38)48)17-8-25-60-27-10-19-45-35(53)42(16-7-24-59)36(54)46(37(45)55)20-11-28-61-26-9-18-44-33(51)40(14-5-22-57)31(49)41(34(44)52)15-6-23-58;1-27(2,19-3-7-21(8-4-19)28-11-23(32)15-36-17-25(34)13-30)20-5-9-22(10-6-20)29-12-24(33)16-37-18-26(35)14-31;1-2-3-9-26-20(32)27(10-4-15-38)23(35)30(21(26)33)13-7-18-41-19-8-14-31-24(36)28(11-5-16-39)22(34)29(25(31)37)12-6-17-40/h56-59H,2-28H2,1H3;3-10,23-26,30-35H,11-18H2,1-2H3;38-40H,2-19H2,1H3. The van der Waals surface area contributed by atoms with Crippen molar-refractivity contribution in [3.63, 3.8) is 0 Å². The Labute approximate surface area is 904 Å². The predicted molar refractivity (Wildman–Crippen MR) is 624 cm³/mol. The van der Waals surface area contributed by atoms with Crippen LogP contribution in [0.1, 0.15) is 148 Å². The Bertz CT molecular complexity index is 5300. The quantitative estimate of drug-likeness (QED) is 0.0125. The van der Waals surface area contributed by atoms with Crippen LogP contribution in [0.2, 0.25) is 0 Å². The highest BCUT2D eigenvalue weighted by atomic mass is 32.2. The fourth-order valence-corrected chi connectivity index (χ4v) is 21.6. The molecule has 32 nitrogen and oxygen atoms in total. The average molecular weight is 2270 g/mol. The van der Waals surface area contributed by atoms with Gasteiger partial charge in [-0.15, -0.1) is 0 Å². The molecule has 7 rings (SSSR count). The van der Waals surface area contributed by atoms with Crippen LogP contribution in [0.15, 0.2) is 120 Å². The highest BCUT2D eigenvalue weighted by Crippen LogP contribution is 2.34. The molecule has 0 spiro atoms. The Morgan fingerprint density at radius 2 is 0.396 bits per heavy atom. The van der Waals surface area contributed by atoms with E-state index in [9.17, 15) is 71.9 Å². The summed E-state index contributed by atoms with van der Waals surface area (Å²) < 4.78 is 28.6. The lowest BCUT2D eigenvalue weighted by atomic mass is 9.78. The molecule has 7 aromatic rings. The second kappa shape index (κ2) is 70.3. The first-order chi connectivity index (χ1) is 66.8. The van der Waals surface area contributed by atoms with Gasteiger partial charge in [0.05, 0.1) is 0 Å². The van der Waals surface area contributed by atoms with E-state index in [-0.39, 0.29) is 114 Å². The fraction of sp³-hybridized carbons (Fsp3) is 0.697. The molecule has 0 aliphatic heterocycles. The van der Waals surface area contributed by atoms with E-state index in [1.807, 2.05) is 61.6 Å². The van der Waals surface area contributed by atoms with E-state index in [0.717, 1.165) is 127 Å². The summed E-state index contributed by atoms with van der Waals surface area (Å²) >= 11 is 64.4. The number of thiol groups is 13. The number of ether oxygens (including phenoxy) is 2. The van der Waals surface area contributed by atoms with E-state index in [1.54, 1.807) is 23.5 Å². The number of thioether (sulfide) groups is 5. The fourth-order valence-electron chi connectivity index (χ4n) is 14.1. The summed E-state index contributed by atoms with van der Waals surface area (Å²) in [5.41, 5.74) is -7.02. The van der Waals surface area contributed by atoms with Crippen LogP contribution in [0.5, 0.6) is 11.5 Å². The predicted octanol–water partition coefficient (Wildman–Crippen LogP) is 8.57. The number of hydrogen-bond acceptors (Lipinski definition) is 35. The molecule has 0 aliphatic carbocycles. The Morgan fingerprint density at radius 1 is 0.237 bits per heavy atom. The van der Waals surface area contributed by atoms with E-state index >= 15 is 0 Å². The normalized spacial score (nSPS) is 12.5. The summed E-state index contributed by atoms with van der Waals surface area (Å²) in [5, 5.41) is 0.993. The van der Waals surface area contributed by atoms with Crippen molar-refractivity contribution in [3.05, 3.63) is 217 Å². The molecule has 50 heteroatoms. The second-order valence-corrected chi connectivity index (χ2v) is 45.7. The lowest BCUT2D eigenvalue weighted by Gasteiger charge is -2.26. The largest absolute Gasteiger partial charge is 0.492 e. The zero-order valence-corrected chi connectivity index (χ0v) is 95.6. The molecule has 0 aliphatic rings. The smallest absolute Gasteiger partial charge is 0.336 e. The van der Waals surface area contributed by atoms with E-state index in [1.165, 1.54) is 22.9 Å². The molecule has 5 heterocycles. The van der Waals surface area contributed by atoms with E-state index in [0.29, 0.717) is 195 Å². The monoisotopic (exact) mass is 2270 g/mol. The van der Waals surface area contributed by atoms with Gasteiger partial charge in [-0.25, -0.2) is 140 Å². The van der Waals surface area contributed by atoms with Crippen molar-refractivity contribution in [2.24, 2.45) is 0 Å². The number of nitrogens with zero attached hydrogens (tertiary/aromatic N) is 15. The van der Waals surface area contributed by atoms with Crippen molar-refractivity contribution in [2.45, 2.75) is 261 Å². The van der Waals surface area contributed by atoms with Gasteiger partial charge in [0.2, 0.25) is 0 Å². The van der Waals surface area contributed by atoms with Crippen molar-refractivity contribution in [3.8, 4) is 11.5 Å². The van der Waals surface area contributed by atoms with Gasteiger partial charge in [0.25, 0.3) is 0 Å². The number of unbranched alkanes of at least 4 members (excludes halogenated alkanes) is 2. The Kier molecular flexibility index (Phi) is 63.7. The third kappa shape index (κ3) is 40.8. The van der Waals surface area contributed by atoms with Crippen LogP contribution in [0.3, 0.4) is 0 Å². The van der Waals surface area contributed by atoms with Gasteiger partial charge in [-0.2, -0.15) is 223 Å². The Balaban J connectivity index is 0.000000383. The van der Waals surface area contributed by atoms with Gasteiger partial charge >= 0.3 is 85.3 Å². The maximum atomic E-state index is 13.5. The molecule has 0 saturated heterocycles. The molecule has 0 N–H and O–H groups in total. The molecule has 0 saturated carbocycles. The third-order valence-corrected chi connectivity index (χ3v) is 34.0. The summed E-state index contributed by atoms with van der Waals surface area (Å²) in [6, 6.07) is 16.8. The van der Waals surface area contributed by atoms with Crippen molar-refractivity contribution in [1.82, 2.24) is 68.5 Å². The van der Waals surface area contributed by atoms with E-state index < -0.39 is 85.3 Å². The molecular weight excluding hydrogens is 2130 g/mol. The summed E-state index contributed by atoms with van der Waals surface area (Å²) in [4.78, 5) is 196. The third-order valence-electron chi connectivity index (χ3n) is 21.9. The molecule has 0 fully saturated rings. The van der Waals surface area contributed by atoms with Gasteiger partial charge in [-0.3, -0.25) is 0 Å². The minimum absolute atomic E-state index is 0.0907. The summed E-state index contributed by atoms with van der Waals surface area (Å²) in [6.07, 6.45) is 9.34. The maximum absolute atomic E-state index is 13.5. The van der Waals surface area contributed by atoms with Crippen LogP contribution in [-0.4, -0.2) is 212 Å². The molecule has 0 bridgehead atoms. The summed E-state index contributed by atoms with van der Waals surface area (Å²) in [5.74, 6) is 14.1. The lowest BCUT2D eigenvalue weighted by Crippen LogP contribution is -2.54. The van der Waals surface area contributed by atoms with Crippen LogP contribution in [0, 0.1) is 0 Å². The highest BCUT2D eigenvalue weighted by Gasteiger charge is 2.26. The van der Waals surface area contributed by atoms with Crippen LogP contribution in [0.4, 0.5) is 0 Å². The zero-order valence-electron chi connectivity index (χ0n) is 79.9. The minimum Gasteiger partial charge on any atom is -0.492 e. The number of rotatable bonds is 69. The lowest BCUT2D eigenvalue weighted by molar-refractivity contribution is 0.323. The van der Waals surface area contributed by atoms with Crippen LogP contribution in [-0.2, 0) is 104 Å². The number of benzene rings is 2. The maximum Gasteiger partial charge on any atom is 0.336 e. The zero-order chi connectivity index (χ0) is 103. The molecular formula is C89H143N15O17S18. The van der Waals surface area contributed by atoms with Crippen LogP contribution in [0.25, 0.3) is 0 Å². The summed E-state index contributed by atoms with van der Waals surface area (Å²) in [6.45, 7) is 12.1. The molecule has 784 valence electrons. The van der Waals surface area contributed by atoms with Crippen LogP contribution < -0.4 is 94.8 Å². The molecule has 0 amide bonds. The molecule has 139 heavy (non-hydrogen) atoms. The first-order valence-electron chi connectivity index (χ1n) is 47.1. The first-order valence-corrected chi connectivity index (χ1v) is 60.6. The molecule has 4 unspecified atom stereocenters. The van der Waals surface area contributed by atoms with Gasteiger partial charge in [-0.1, -0.05) is 64.8 Å². The van der Waals surface area contributed by atoms with Gasteiger partial charge in [0.15, 0.2) is 0 Å². The topological polar surface area (TPSA) is 348 Å². The molecule has 5 aromatic heterocycles. The van der Waals surface area contributed by atoms with E-state index in [4.69, 9.17) is 9.47 Å². The van der Waals surface area contributed by atoms with Crippen molar-refractivity contribution < 1.29 is 9.47 Å².